The summed E-state index contributed by atoms with van der Waals surface area (Å²) >= 11 is 0. The summed E-state index contributed by atoms with van der Waals surface area (Å²) < 4.78 is 26.9. The van der Waals surface area contributed by atoms with Crippen molar-refractivity contribution in [2.24, 2.45) is 5.84 Å². The molecule has 4 N–H and O–H groups in total. The molecule has 0 saturated carbocycles. The molecule has 2 aromatic rings. The Balaban J connectivity index is 2.44. The molecule has 0 unspecified atom stereocenters. The number of hydrogen-bond acceptors (Lipinski definition) is 6. The van der Waals surface area contributed by atoms with Crippen molar-refractivity contribution in [3.8, 4) is 6.07 Å². The third-order valence-electron chi connectivity index (χ3n) is 2.47. The highest BCUT2D eigenvalue weighted by atomic mass is 32.2. The van der Waals surface area contributed by atoms with E-state index in [1.54, 1.807) is 18.2 Å². The SMILES string of the molecule is N#Cc1ccccc1NS(=O)(=O)c1ncccc1NN. The first kappa shape index (κ1) is 13.8. The zero-order valence-electron chi connectivity index (χ0n) is 10.2. The molecule has 0 saturated heterocycles. The van der Waals surface area contributed by atoms with Gasteiger partial charge in [-0.3, -0.25) is 10.6 Å². The first-order valence-electron chi connectivity index (χ1n) is 5.52. The Bertz CT molecular complexity index is 767. The Morgan fingerprint density at radius 2 is 1.85 bits per heavy atom. The Morgan fingerprint density at radius 1 is 1.15 bits per heavy atom. The first-order valence-corrected chi connectivity index (χ1v) is 7.00. The highest BCUT2D eigenvalue weighted by Crippen LogP contribution is 2.22. The second kappa shape index (κ2) is 5.56. The normalized spacial score (nSPS) is 10.6. The van der Waals surface area contributed by atoms with Crippen molar-refractivity contribution >= 4 is 21.4 Å². The highest BCUT2D eigenvalue weighted by Gasteiger charge is 2.21. The van der Waals surface area contributed by atoms with Gasteiger partial charge < -0.3 is 5.43 Å². The minimum Gasteiger partial charge on any atom is -0.321 e. The van der Waals surface area contributed by atoms with Crippen LogP contribution in [0.1, 0.15) is 5.56 Å². The summed E-state index contributed by atoms with van der Waals surface area (Å²) in [5, 5.41) is 8.71. The van der Waals surface area contributed by atoms with Gasteiger partial charge in [0, 0.05) is 6.20 Å². The van der Waals surface area contributed by atoms with Crippen molar-refractivity contribution in [1.29, 1.82) is 5.26 Å². The Hall–Kier alpha value is -2.63. The van der Waals surface area contributed by atoms with Gasteiger partial charge in [0.2, 0.25) is 5.03 Å². The first-order chi connectivity index (χ1) is 9.58. The van der Waals surface area contributed by atoms with Gasteiger partial charge in [-0.2, -0.15) is 13.7 Å². The number of nitriles is 1. The van der Waals surface area contributed by atoms with Crippen LogP contribution in [0.2, 0.25) is 0 Å². The van der Waals surface area contributed by atoms with Gasteiger partial charge in [0.05, 0.1) is 16.9 Å². The van der Waals surface area contributed by atoms with Gasteiger partial charge in [-0.25, -0.2) is 4.98 Å². The van der Waals surface area contributed by atoms with Crippen LogP contribution in [0.4, 0.5) is 11.4 Å². The molecule has 0 amide bonds. The lowest BCUT2D eigenvalue weighted by molar-refractivity contribution is 0.598. The van der Waals surface area contributed by atoms with Gasteiger partial charge in [-0.1, -0.05) is 12.1 Å². The van der Waals surface area contributed by atoms with Gasteiger partial charge in [0.25, 0.3) is 10.0 Å². The number of rotatable bonds is 4. The second-order valence-corrected chi connectivity index (χ2v) is 5.36. The molecule has 8 heteroatoms. The monoisotopic (exact) mass is 289 g/mol. The minimum absolute atomic E-state index is 0.162. The van der Waals surface area contributed by atoms with Crippen LogP contribution in [0.3, 0.4) is 0 Å². The largest absolute Gasteiger partial charge is 0.321 e. The summed E-state index contributed by atoms with van der Waals surface area (Å²) in [7, 11) is -3.94. The van der Waals surface area contributed by atoms with Crippen molar-refractivity contribution < 1.29 is 8.42 Å². The number of nitrogen functional groups attached to an aromatic ring is 1. The van der Waals surface area contributed by atoms with Crippen molar-refractivity contribution in [3.05, 3.63) is 48.2 Å². The maximum Gasteiger partial charge on any atom is 0.281 e. The summed E-state index contributed by atoms with van der Waals surface area (Å²) in [6.45, 7) is 0. The Morgan fingerprint density at radius 3 is 2.55 bits per heavy atom. The van der Waals surface area contributed by atoms with Crippen LogP contribution in [-0.4, -0.2) is 13.4 Å². The molecule has 0 aliphatic carbocycles. The molecule has 2 rings (SSSR count). The molecule has 0 aliphatic heterocycles. The van der Waals surface area contributed by atoms with Crippen LogP contribution in [0.25, 0.3) is 0 Å². The molecule has 0 bridgehead atoms. The lowest BCUT2D eigenvalue weighted by Gasteiger charge is -2.11. The molecule has 20 heavy (non-hydrogen) atoms. The van der Waals surface area contributed by atoms with E-state index in [1.807, 2.05) is 6.07 Å². The van der Waals surface area contributed by atoms with Crippen molar-refractivity contribution in [2.45, 2.75) is 5.03 Å². The molecular weight excluding hydrogens is 278 g/mol. The fourth-order valence-electron chi connectivity index (χ4n) is 1.58. The summed E-state index contributed by atoms with van der Waals surface area (Å²) in [6, 6.07) is 11.2. The number of sulfonamides is 1. The van der Waals surface area contributed by atoms with E-state index in [0.717, 1.165) is 0 Å². The molecule has 1 heterocycles. The third-order valence-corrected chi connectivity index (χ3v) is 3.80. The zero-order valence-corrected chi connectivity index (χ0v) is 11.1. The van der Waals surface area contributed by atoms with E-state index < -0.39 is 10.0 Å². The average molecular weight is 289 g/mol. The van der Waals surface area contributed by atoms with Crippen LogP contribution in [0, 0.1) is 11.3 Å². The number of hydrogen-bond donors (Lipinski definition) is 3. The van der Waals surface area contributed by atoms with Gasteiger partial charge in [0.1, 0.15) is 6.07 Å². The quantitative estimate of drug-likeness (QED) is 0.571. The third kappa shape index (κ3) is 2.69. The standard InChI is InChI=1S/C12H11N5O2S/c13-8-9-4-1-2-5-10(9)17-20(18,19)12-11(16-14)6-3-7-15-12/h1-7,16-17H,14H2. The predicted octanol–water partition coefficient (Wildman–Crippen LogP) is 1.04. The lowest BCUT2D eigenvalue weighted by atomic mass is 10.2. The fourth-order valence-corrected chi connectivity index (χ4v) is 2.76. The second-order valence-electron chi connectivity index (χ2n) is 3.76. The Labute approximate surface area is 116 Å². The number of aromatic nitrogens is 1. The van der Waals surface area contributed by atoms with Gasteiger partial charge in [-0.05, 0) is 24.3 Å². The number of para-hydroxylation sites is 1. The molecule has 0 atom stereocenters. The number of pyridine rings is 1. The van der Waals surface area contributed by atoms with Gasteiger partial charge >= 0.3 is 0 Å². The molecule has 0 radical (unpaired) electrons. The molecular formula is C12H11N5O2S. The number of benzene rings is 1. The number of nitrogens with zero attached hydrogens (tertiary/aromatic N) is 2. The number of hydrazine groups is 1. The van der Waals surface area contributed by atoms with Gasteiger partial charge in [0.15, 0.2) is 0 Å². The highest BCUT2D eigenvalue weighted by molar-refractivity contribution is 7.92. The smallest absolute Gasteiger partial charge is 0.281 e. The fraction of sp³-hybridized carbons (Fsp3) is 0. The van der Waals surface area contributed by atoms with E-state index in [2.05, 4.69) is 15.1 Å². The maximum atomic E-state index is 12.3. The van der Waals surface area contributed by atoms with Crippen LogP contribution < -0.4 is 16.0 Å². The lowest BCUT2D eigenvalue weighted by Crippen LogP contribution is -2.19. The molecule has 0 fully saturated rings. The van der Waals surface area contributed by atoms with Crippen LogP contribution in [-0.2, 0) is 10.0 Å². The minimum atomic E-state index is -3.94. The van der Waals surface area contributed by atoms with E-state index in [4.69, 9.17) is 11.1 Å². The maximum absolute atomic E-state index is 12.3. The molecule has 0 spiro atoms. The van der Waals surface area contributed by atoms with Crippen LogP contribution in [0.15, 0.2) is 47.6 Å². The van der Waals surface area contributed by atoms with E-state index in [1.165, 1.54) is 24.4 Å². The average Bonchev–Trinajstić information content (AvgIpc) is 2.47. The van der Waals surface area contributed by atoms with Crippen molar-refractivity contribution in [2.75, 3.05) is 10.1 Å². The van der Waals surface area contributed by atoms with Crippen LogP contribution in [0.5, 0.6) is 0 Å². The molecule has 102 valence electrons. The molecule has 7 nitrogen and oxygen atoms in total. The number of nitrogens with two attached hydrogens (primary N) is 1. The molecule has 1 aromatic carbocycles. The van der Waals surface area contributed by atoms with Crippen molar-refractivity contribution in [3.63, 3.8) is 0 Å². The summed E-state index contributed by atoms with van der Waals surface area (Å²) in [4.78, 5) is 3.80. The number of nitrogens with one attached hydrogen (secondary N) is 2. The molecule has 0 aliphatic rings. The molecule has 1 aromatic heterocycles. The van der Waals surface area contributed by atoms with Crippen molar-refractivity contribution in [1.82, 2.24) is 4.98 Å². The van der Waals surface area contributed by atoms with E-state index in [9.17, 15) is 8.42 Å². The van der Waals surface area contributed by atoms with Gasteiger partial charge in [-0.15, -0.1) is 0 Å². The van der Waals surface area contributed by atoms with Crippen LogP contribution >= 0.6 is 0 Å². The summed E-state index contributed by atoms with van der Waals surface area (Å²) in [5.74, 6) is 5.26. The predicted molar refractivity (Wildman–Crippen MR) is 74.0 cm³/mol. The number of anilines is 2. The van der Waals surface area contributed by atoms with E-state index in [0.29, 0.717) is 0 Å². The Kier molecular flexibility index (Phi) is 3.84. The summed E-state index contributed by atoms with van der Waals surface area (Å²) in [5.41, 5.74) is 2.83. The zero-order chi connectivity index (χ0) is 14.6. The van der Waals surface area contributed by atoms with E-state index in [-0.39, 0.29) is 22.0 Å². The van der Waals surface area contributed by atoms with E-state index >= 15 is 0 Å². The topological polar surface area (TPSA) is 121 Å². The summed E-state index contributed by atoms with van der Waals surface area (Å²) in [6.07, 6.45) is 1.34.